The maximum atomic E-state index is 11.8. The van der Waals surface area contributed by atoms with Crippen molar-refractivity contribution in [1.29, 1.82) is 2.86 Å². The number of benzene rings is 2. The minimum absolute atomic E-state index is 0. The summed E-state index contributed by atoms with van der Waals surface area (Å²) in [6.07, 6.45) is 0.653. The molecule has 0 bridgehead atoms. The van der Waals surface area contributed by atoms with Crippen LogP contribution in [0.2, 0.25) is 2.82 Å². The van der Waals surface area contributed by atoms with Crippen molar-refractivity contribution in [3.05, 3.63) is 85.6 Å². The van der Waals surface area contributed by atoms with E-state index in [1.165, 1.54) is 46.1 Å². The van der Waals surface area contributed by atoms with Crippen LogP contribution in [0.25, 0.3) is 2.86 Å². The first-order valence-electron chi connectivity index (χ1n) is 14.0. The SMILES string of the molecule is [2H]C.[2H]C.[2H]OC(=O)c1ccccc1C(=O)N([2H])C.[2H]OC(=O)c1ccccc1C(=O)N([2H])CCC.[2H][2H].[2H][2H].[CH3-].[CH3-].[Y]. The van der Waals surface area contributed by atoms with Crippen molar-refractivity contribution in [2.24, 2.45) is 0 Å². The van der Waals surface area contributed by atoms with Crippen molar-refractivity contribution in [2.45, 2.75) is 28.1 Å². The van der Waals surface area contributed by atoms with Gasteiger partial charge < -0.3 is 35.7 Å². The molecule has 4 N–H and O–H groups in total. The number of hydrogen-bond donors (Lipinski definition) is 4. The van der Waals surface area contributed by atoms with Gasteiger partial charge in [-0.3, -0.25) is 9.59 Å². The molecule has 33 heavy (non-hydrogen) atoms. The molecule has 0 spiro atoms. The molecular formula is C24H40N2O6Y-2. The number of carboxylic acids is 2. The molecule has 2 aromatic rings. The molecule has 0 fully saturated rings. The molecule has 187 valence electrons. The first kappa shape index (κ1) is 23.6. The Morgan fingerprint density at radius 3 is 1.61 bits per heavy atom. The maximum Gasteiger partial charge on any atom is 0.336 e. The molecule has 0 atom stereocenters. The molecule has 0 saturated carbocycles. The third kappa shape index (κ3) is 12.9. The van der Waals surface area contributed by atoms with Crippen molar-refractivity contribution < 1.29 is 73.6 Å². The molecule has 0 heterocycles. The van der Waals surface area contributed by atoms with Crippen LogP contribution >= 0.6 is 0 Å². The number of carbonyl (C=O) groups is 4. The Morgan fingerprint density at radius 2 is 1.27 bits per heavy atom. The van der Waals surface area contributed by atoms with Gasteiger partial charge in [-0.25, -0.2) is 9.59 Å². The predicted molar refractivity (Wildman–Crippen MR) is 133 cm³/mol. The van der Waals surface area contributed by atoms with Crippen molar-refractivity contribution in [1.82, 2.24) is 10.6 Å². The fourth-order valence-corrected chi connectivity index (χ4v) is 2.11. The van der Waals surface area contributed by atoms with E-state index in [4.69, 9.17) is 14.4 Å². The monoisotopic (exact) mass is 551 g/mol. The van der Waals surface area contributed by atoms with E-state index in [9.17, 15) is 19.2 Å². The molecule has 0 aliphatic rings. The zero-order valence-corrected chi connectivity index (χ0v) is 22.8. The van der Waals surface area contributed by atoms with E-state index in [1.807, 2.05) is 6.92 Å². The van der Waals surface area contributed by atoms with Crippen LogP contribution in [0.5, 0.6) is 0 Å². The normalized spacial score (nSPS) is 10.4. The van der Waals surface area contributed by atoms with Gasteiger partial charge in [0, 0.05) is 55.0 Å². The molecule has 0 unspecified atom stereocenters. The number of amides is 2. The van der Waals surface area contributed by atoms with Gasteiger partial charge in [0.2, 0.25) is 0 Å². The molecule has 2 aromatic carbocycles. The molecule has 2 amide bonds. The number of carbonyl (C=O) groups excluding carboxylic acids is 2. The van der Waals surface area contributed by atoms with Crippen LogP contribution in [0.3, 0.4) is 0 Å². The fourth-order valence-electron chi connectivity index (χ4n) is 2.11. The molecule has 0 saturated heterocycles. The van der Waals surface area contributed by atoms with Gasteiger partial charge in [-0.15, -0.1) is 0 Å². The van der Waals surface area contributed by atoms with Gasteiger partial charge in [-0.2, -0.15) is 0 Å². The van der Waals surface area contributed by atoms with Crippen LogP contribution in [0, 0.1) is 14.9 Å². The molecule has 0 aliphatic carbocycles. The van der Waals surface area contributed by atoms with Gasteiger partial charge in [0.15, 0.2) is 2.82 Å². The van der Waals surface area contributed by atoms with E-state index in [0.29, 0.717) is 11.7 Å². The van der Waals surface area contributed by atoms with E-state index in [2.05, 4.69) is 10.2 Å². The van der Waals surface area contributed by atoms with Crippen molar-refractivity contribution in [2.75, 3.05) is 13.6 Å². The summed E-state index contributed by atoms with van der Waals surface area (Å²) in [5.74, 6) is -3.02. The zero-order valence-electron chi connectivity index (χ0n) is 30.0. The van der Waals surface area contributed by atoms with Crippen molar-refractivity contribution in [3.63, 3.8) is 0 Å². The minimum atomic E-state index is -0.916. The average Bonchev–Trinajstić information content (AvgIpc) is 3.03. The van der Waals surface area contributed by atoms with Gasteiger partial charge in [0.1, 0.15) is 0 Å². The van der Waals surface area contributed by atoms with E-state index in [0.717, 1.165) is 5.31 Å². The Kier molecular flexibility index (Phi) is 15.2. The standard InChI is InChI=1S/C11H13NO3.C9H9NO3.2CH4.2CH3.Y.2H2/c1-2-7-12-10(13)8-5-3-4-6-9(8)11(14)15;1-10-8(11)6-4-2-3-5-7(6)9(12)13;;;;;;;/h3-6H,2,7H2,1H3,(H,12,13)(H,14,15);2-5H,1H3,(H,10,11)(H,12,13);2*1H4;2*1H3;;2*1H/q;;;;2*-1;;;/i;;2*1D;;;;2*1+1D/hD4. The Balaban J connectivity index is -0.0000000927. The summed E-state index contributed by atoms with van der Waals surface area (Å²) < 4.78 is 59.1. The zero-order chi connectivity index (χ0) is 32.3. The second kappa shape index (κ2) is 21.3. The Bertz CT molecular complexity index is 995. The van der Waals surface area contributed by atoms with E-state index in [-0.39, 0.29) is 76.4 Å². The third-order valence-corrected chi connectivity index (χ3v) is 3.44. The summed E-state index contributed by atoms with van der Waals surface area (Å²) in [4.78, 5) is 45.7. The van der Waals surface area contributed by atoms with Gasteiger partial charge in [0.05, 0.1) is 22.3 Å². The smallest absolute Gasteiger partial charge is 0.336 e. The van der Waals surface area contributed by atoms with Gasteiger partial charge >= 0.3 is 11.9 Å². The van der Waals surface area contributed by atoms with Crippen LogP contribution in [0.1, 0.15) is 78.3 Å². The first-order valence-corrected chi connectivity index (χ1v) is 8.30. The predicted octanol–water partition coefficient (Wildman–Crippen LogP) is 4.93. The van der Waals surface area contributed by atoms with Crippen LogP contribution in [0.15, 0.2) is 48.5 Å². The summed E-state index contributed by atoms with van der Waals surface area (Å²) in [6, 6.07) is 11.9. The molecule has 1 radical (unpaired) electrons. The van der Waals surface area contributed by atoms with Gasteiger partial charge in [-0.05, 0) is 30.7 Å². The fraction of sp³-hybridized carbons (Fsp3) is 0.250. The van der Waals surface area contributed by atoms with E-state index in [1.54, 1.807) is 24.3 Å². The van der Waals surface area contributed by atoms with Crippen LogP contribution in [0.4, 0.5) is 0 Å². The summed E-state index contributed by atoms with van der Waals surface area (Å²) >= 11 is 0. The second-order valence-corrected chi connectivity index (χ2v) is 5.38. The number of hydrogen-bond acceptors (Lipinski definition) is 6. The Labute approximate surface area is 238 Å². The molecule has 0 aromatic heterocycles. The molecular weight excluding hydrogens is 501 g/mol. The third-order valence-electron chi connectivity index (χ3n) is 3.44. The summed E-state index contributed by atoms with van der Waals surface area (Å²) in [7, 11) is 3.76. The average molecular weight is 552 g/mol. The van der Waals surface area contributed by atoms with Crippen molar-refractivity contribution >= 4 is 23.8 Å². The van der Waals surface area contributed by atoms with Gasteiger partial charge in [0.25, 0.3) is 14.7 Å². The largest absolute Gasteiger partial charge is 0.478 e. The van der Waals surface area contributed by atoms with Crippen LogP contribution in [-0.4, -0.2) is 47.6 Å². The van der Waals surface area contributed by atoms with E-state index >= 15 is 0 Å². The Hall–Kier alpha value is -2.58. The number of carboxylic acid groups (broad SMARTS) is 2. The quantitative estimate of drug-likeness (QED) is 0.377. The summed E-state index contributed by atoms with van der Waals surface area (Å²) in [5.41, 5.74) is 0.109. The Morgan fingerprint density at radius 1 is 0.909 bits per heavy atom. The van der Waals surface area contributed by atoms with Crippen LogP contribution in [-0.2, 0) is 32.7 Å². The molecule has 0 aliphatic heterocycles. The number of nitrogens with one attached hydrogen (secondary N) is 2. The maximum absolute atomic E-state index is 11.8. The second-order valence-electron chi connectivity index (χ2n) is 5.38. The summed E-state index contributed by atoms with van der Waals surface area (Å²) in [5, 5.41) is 9.03. The minimum Gasteiger partial charge on any atom is -0.478 e. The van der Waals surface area contributed by atoms with E-state index < -0.39 is 23.8 Å². The summed E-state index contributed by atoms with van der Waals surface area (Å²) in [6.45, 7) is 2.13. The topological polar surface area (TPSA) is 133 Å². The number of aromatic carboxylic acids is 2. The van der Waals surface area contributed by atoms with Crippen molar-refractivity contribution in [3.8, 4) is 0 Å². The number of rotatable bonds is 6. The van der Waals surface area contributed by atoms with Gasteiger partial charge in [-0.1, -0.05) is 46.0 Å². The molecule has 9 heteroatoms. The van der Waals surface area contributed by atoms with Crippen LogP contribution < -0.4 is 10.6 Å². The molecule has 2 rings (SSSR count). The molecule has 8 nitrogen and oxygen atoms in total. The first-order chi connectivity index (χ1) is 19.2.